The van der Waals surface area contributed by atoms with E-state index < -0.39 is 5.25 Å². The summed E-state index contributed by atoms with van der Waals surface area (Å²) >= 11 is 7.50. The zero-order valence-corrected chi connectivity index (χ0v) is 15.7. The number of rotatable bonds is 5. The standard InChI is InChI=1S/C18H16ClFN4OS/c1-11(17(25)21-13-9-7-12(20)8-10-13)26-18-23-22-16(24(18)2)14-5-3-4-6-15(14)19/h3-11H,1-2H3,(H,21,25)/t11-/m0/s1. The second kappa shape index (κ2) is 7.88. The van der Waals surface area contributed by atoms with Crippen molar-refractivity contribution in [1.82, 2.24) is 14.8 Å². The van der Waals surface area contributed by atoms with Gasteiger partial charge in [0.15, 0.2) is 11.0 Å². The molecule has 3 aromatic rings. The molecule has 3 rings (SSSR count). The van der Waals surface area contributed by atoms with E-state index in [1.54, 1.807) is 17.6 Å². The van der Waals surface area contributed by atoms with Gasteiger partial charge in [0.1, 0.15) is 5.82 Å². The zero-order chi connectivity index (χ0) is 18.7. The molecule has 0 aliphatic carbocycles. The van der Waals surface area contributed by atoms with Gasteiger partial charge in [0, 0.05) is 18.3 Å². The molecule has 0 saturated heterocycles. The maximum Gasteiger partial charge on any atom is 0.237 e. The first-order valence-electron chi connectivity index (χ1n) is 7.83. The number of thioether (sulfide) groups is 1. The molecule has 0 fully saturated rings. The summed E-state index contributed by atoms with van der Waals surface area (Å²) in [4.78, 5) is 12.3. The van der Waals surface area contributed by atoms with Crippen molar-refractivity contribution in [3.63, 3.8) is 0 Å². The van der Waals surface area contributed by atoms with Crippen LogP contribution in [0.1, 0.15) is 6.92 Å². The lowest BCUT2D eigenvalue weighted by Gasteiger charge is -2.12. The van der Waals surface area contributed by atoms with Crippen LogP contribution in [0.25, 0.3) is 11.4 Å². The predicted octanol–water partition coefficient (Wildman–Crippen LogP) is 4.39. The molecule has 8 heteroatoms. The second-order valence-electron chi connectivity index (χ2n) is 5.60. The molecule has 1 aromatic heterocycles. The fourth-order valence-corrected chi connectivity index (χ4v) is 3.32. The summed E-state index contributed by atoms with van der Waals surface area (Å²) in [5.74, 6) is 0.0738. The maximum atomic E-state index is 12.9. The third kappa shape index (κ3) is 4.05. The molecule has 0 aliphatic heterocycles. The molecule has 0 bridgehead atoms. The smallest absolute Gasteiger partial charge is 0.237 e. The van der Waals surface area contributed by atoms with Crippen molar-refractivity contribution in [3.8, 4) is 11.4 Å². The number of aromatic nitrogens is 3. The Kier molecular flexibility index (Phi) is 5.58. The molecule has 1 N–H and O–H groups in total. The van der Waals surface area contributed by atoms with Gasteiger partial charge in [-0.1, -0.05) is 35.5 Å². The molecular formula is C18H16ClFN4OS. The van der Waals surface area contributed by atoms with Crippen molar-refractivity contribution in [2.45, 2.75) is 17.3 Å². The van der Waals surface area contributed by atoms with Crippen LogP contribution in [0.4, 0.5) is 10.1 Å². The summed E-state index contributed by atoms with van der Waals surface area (Å²) in [7, 11) is 1.82. The number of hydrogen-bond acceptors (Lipinski definition) is 4. The Morgan fingerprint density at radius 2 is 1.88 bits per heavy atom. The minimum Gasteiger partial charge on any atom is -0.325 e. The molecule has 26 heavy (non-hydrogen) atoms. The van der Waals surface area contributed by atoms with E-state index in [0.717, 1.165) is 5.56 Å². The minimum absolute atomic E-state index is 0.205. The Hall–Kier alpha value is -2.38. The number of hydrogen-bond donors (Lipinski definition) is 1. The van der Waals surface area contributed by atoms with Crippen LogP contribution in [0.5, 0.6) is 0 Å². The molecular weight excluding hydrogens is 375 g/mol. The van der Waals surface area contributed by atoms with Crippen molar-refractivity contribution in [3.05, 3.63) is 59.4 Å². The van der Waals surface area contributed by atoms with Gasteiger partial charge < -0.3 is 9.88 Å². The van der Waals surface area contributed by atoms with E-state index in [-0.39, 0.29) is 11.7 Å². The molecule has 1 amide bonds. The first kappa shape index (κ1) is 18.4. The van der Waals surface area contributed by atoms with Gasteiger partial charge in [-0.2, -0.15) is 0 Å². The molecule has 0 unspecified atom stereocenters. The number of benzene rings is 2. The Morgan fingerprint density at radius 1 is 1.19 bits per heavy atom. The summed E-state index contributed by atoms with van der Waals surface area (Å²) in [6.07, 6.45) is 0. The van der Waals surface area contributed by atoms with Gasteiger partial charge in [0.2, 0.25) is 5.91 Å². The SMILES string of the molecule is C[C@H](Sc1nnc(-c2ccccc2Cl)n1C)C(=O)Nc1ccc(F)cc1. The first-order chi connectivity index (χ1) is 12.5. The van der Waals surface area contributed by atoms with Crippen LogP contribution in [0.3, 0.4) is 0 Å². The van der Waals surface area contributed by atoms with E-state index >= 15 is 0 Å². The number of halogens is 2. The van der Waals surface area contributed by atoms with Gasteiger partial charge >= 0.3 is 0 Å². The molecule has 1 atom stereocenters. The van der Waals surface area contributed by atoms with E-state index in [4.69, 9.17) is 11.6 Å². The molecule has 2 aromatic carbocycles. The van der Waals surface area contributed by atoms with Crippen LogP contribution in [-0.4, -0.2) is 25.9 Å². The molecule has 134 valence electrons. The number of anilines is 1. The van der Waals surface area contributed by atoms with Crippen molar-refractivity contribution in [2.24, 2.45) is 7.05 Å². The Bertz CT molecular complexity index is 929. The van der Waals surface area contributed by atoms with Crippen LogP contribution in [0.15, 0.2) is 53.7 Å². The largest absolute Gasteiger partial charge is 0.325 e. The number of carbonyl (C=O) groups excluding carboxylic acids is 1. The Morgan fingerprint density at radius 3 is 2.58 bits per heavy atom. The molecule has 0 saturated carbocycles. The van der Waals surface area contributed by atoms with Crippen molar-refractivity contribution < 1.29 is 9.18 Å². The topological polar surface area (TPSA) is 59.8 Å². The zero-order valence-electron chi connectivity index (χ0n) is 14.1. The lowest BCUT2D eigenvalue weighted by atomic mass is 10.2. The number of nitrogens with one attached hydrogen (secondary N) is 1. The highest BCUT2D eigenvalue weighted by Gasteiger charge is 2.20. The summed E-state index contributed by atoms with van der Waals surface area (Å²) in [5.41, 5.74) is 1.32. The molecule has 0 radical (unpaired) electrons. The summed E-state index contributed by atoms with van der Waals surface area (Å²) in [5, 5.41) is 11.9. The highest BCUT2D eigenvalue weighted by Crippen LogP contribution is 2.29. The summed E-state index contributed by atoms with van der Waals surface area (Å²) in [6.45, 7) is 1.77. The van der Waals surface area contributed by atoms with Gasteiger partial charge in [0.25, 0.3) is 0 Å². The van der Waals surface area contributed by atoms with Crippen molar-refractivity contribution in [1.29, 1.82) is 0 Å². The molecule has 5 nitrogen and oxygen atoms in total. The first-order valence-corrected chi connectivity index (χ1v) is 9.09. The van der Waals surface area contributed by atoms with Gasteiger partial charge in [-0.05, 0) is 43.3 Å². The average Bonchev–Trinajstić information content (AvgIpc) is 2.98. The number of amides is 1. The third-order valence-electron chi connectivity index (χ3n) is 3.71. The monoisotopic (exact) mass is 390 g/mol. The van der Waals surface area contributed by atoms with E-state index in [9.17, 15) is 9.18 Å². The van der Waals surface area contributed by atoms with Crippen LogP contribution >= 0.6 is 23.4 Å². The highest BCUT2D eigenvalue weighted by molar-refractivity contribution is 8.00. The van der Waals surface area contributed by atoms with Gasteiger partial charge in [-0.3, -0.25) is 4.79 Å². The van der Waals surface area contributed by atoms with E-state index in [0.29, 0.717) is 21.7 Å². The number of carbonyl (C=O) groups is 1. The van der Waals surface area contributed by atoms with Crippen molar-refractivity contribution >= 4 is 35.0 Å². The average molecular weight is 391 g/mol. The van der Waals surface area contributed by atoms with E-state index in [2.05, 4.69) is 15.5 Å². The van der Waals surface area contributed by atoms with Crippen LogP contribution in [0.2, 0.25) is 5.02 Å². The summed E-state index contributed by atoms with van der Waals surface area (Å²) in [6, 6.07) is 13.0. The fraction of sp³-hybridized carbons (Fsp3) is 0.167. The highest BCUT2D eigenvalue weighted by atomic mass is 35.5. The Labute approximate surface area is 159 Å². The van der Waals surface area contributed by atoms with Crippen LogP contribution in [0, 0.1) is 5.82 Å². The second-order valence-corrected chi connectivity index (χ2v) is 7.32. The normalized spacial score (nSPS) is 12.0. The predicted molar refractivity (Wildman–Crippen MR) is 102 cm³/mol. The molecule has 0 aliphatic rings. The maximum absolute atomic E-state index is 12.9. The fourth-order valence-electron chi connectivity index (χ4n) is 2.28. The third-order valence-corrected chi connectivity index (χ3v) is 5.18. The van der Waals surface area contributed by atoms with E-state index in [1.165, 1.54) is 36.0 Å². The van der Waals surface area contributed by atoms with Crippen molar-refractivity contribution in [2.75, 3.05) is 5.32 Å². The number of nitrogens with zero attached hydrogens (tertiary/aromatic N) is 3. The Balaban J connectivity index is 1.71. The van der Waals surface area contributed by atoms with Gasteiger partial charge in [-0.25, -0.2) is 4.39 Å². The van der Waals surface area contributed by atoms with Gasteiger partial charge in [0.05, 0.1) is 10.3 Å². The van der Waals surface area contributed by atoms with Crippen LogP contribution < -0.4 is 5.32 Å². The summed E-state index contributed by atoms with van der Waals surface area (Å²) < 4.78 is 14.7. The van der Waals surface area contributed by atoms with Gasteiger partial charge in [-0.15, -0.1) is 10.2 Å². The quantitative estimate of drug-likeness (QED) is 0.656. The lowest BCUT2D eigenvalue weighted by molar-refractivity contribution is -0.115. The molecule has 1 heterocycles. The lowest BCUT2D eigenvalue weighted by Crippen LogP contribution is -2.22. The molecule has 0 spiro atoms. The minimum atomic E-state index is -0.415. The van der Waals surface area contributed by atoms with E-state index in [1.807, 2.05) is 25.2 Å². The van der Waals surface area contributed by atoms with Crippen LogP contribution in [-0.2, 0) is 11.8 Å².